The van der Waals surface area contributed by atoms with E-state index in [4.69, 9.17) is 9.15 Å². The molecule has 2 rings (SSSR count). The summed E-state index contributed by atoms with van der Waals surface area (Å²) in [6, 6.07) is 12.1. The Kier molecular flexibility index (Phi) is 4.90. The summed E-state index contributed by atoms with van der Waals surface area (Å²) in [6.45, 7) is 1.92. The first-order valence-corrected chi connectivity index (χ1v) is 7.26. The smallest absolute Gasteiger partial charge is 0.347 e. The molecule has 20 heavy (non-hydrogen) atoms. The van der Waals surface area contributed by atoms with E-state index < -0.39 is 16.8 Å². The number of carbonyl (C=O) groups excluding carboxylic acids is 1. The first kappa shape index (κ1) is 14.3. The predicted molar refractivity (Wildman–Crippen MR) is 76.2 cm³/mol. The summed E-state index contributed by atoms with van der Waals surface area (Å²) in [5.74, 6) is -0.150. The monoisotopic (exact) mass is 290 g/mol. The molecule has 1 atom stereocenters. The lowest BCUT2D eigenvalue weighted by molar-refractivity contribution is -0.137. The van der Waals surface area contributed by atoms with Crippen molar-refractivity contribution in [1.82, 2.24) is 0 Å². The summed E-state index contributed by atoms with van der Waals surface area (Å²) in [4.78, 5) is 12.6. The topological polar surface area (TPSA) is 56.5 Å². The number of carbonyl (C=O) groups is 1. The third-order valence-corrected chi connectivity index (χ3v) is 3.83. The van der Waals surface area contributed by atoms with Crippen molar-refractivity contribution < 1.29 is 18.2 Å². The molecular weight excluding hydrogens is 276 g/mol. The molecule has 0 spiro atoms. The zero-order valence-electron chi connectivity index (χ0n) is 10.9. The van der Waals surface area contributed by atoms with Crippen molar-refractivity contribution in [2.45, 2.75) is 11.8 Å². The molecule has 1 unspecified atom stereocenters. The normalized spacial score (nSPS) is 12.9. The molecule has 0 amide bonds. The molecule has 0 bridgehead atoms. The molecule has 4 nitrogen and oxygen atoms in total. The minimum Gasteiger partial charge on any atom is -0.465 e. The maximum absolute atomic E-state index is 12.5. The van der Waals surface area contributed by atoms with Crippen LogP contribution in [-0.4, -0.2) is 16.8 Å². The van der Waals surface area contributed by atoms with Crippen molar-refractivity contribution in [3.8, 4) is 0 Å². The highest BCUT2D eigenvalue weighted by atomic mass is 32.2. The van der Waals surface area contributed by atoms with Gasteiger partial charge in [0.25, 0.3) is 0 Å². The highest BCUT2D eigenvalue weighted by Gasteiger charge is 2.20. The van der Waals surface area contributed by atoms with E-state index in [0.29, 0.717) is 10.7 Å². The summed E-state index contributed by atoms with van der Waals surface area (Å²) < 4.78 is 22.6. The van der Waals surface area contributed by atoms with E-state index in [9.17, 15) is 9.00 Å². The Bertz CT molecular complexity index is 615. The molecule has 0 fully saturated rings. The molecule has 0 aliphatic carbocycles. The average molecular weight is 290 g/mol. The summed E-state index contributed by atoms with van der Waals surface area (Å²) in [6.07, 6.45) is 2.93. The molecule has 0 saturated heterocycles. The minimum absolute atomic E-state index is 0.0630. The maximum atomic E-state index is 12.5. The third kappa shape index (κ3) is 3.45. The first-order valence-electron chi connectivity index (χ1n) is 6.11. The molecule has 0 aliphatic rings. The SMILES string of the molecule is CCOC(=O)/C(=C\c1ccco1)S(=O)c1ccccc1. The van der Waals surface area contributed by atoms with Crippen LogP contribution in [0.1, 0.15) is 12.7 Å². The van der Waals surface area contributed by atoms with Gasteiger partial charge in [-0.3, -0.25) is 0 Å². The van der Waals surface area contributed by atoms with Gasteiger partial charge < -0.3 is 9.15 Å². The summed E-state index contributed by atoms with van der Waals surface area (Å²) in [5, 5.41) is 0. The summed E-state index contributed by atoms with van der Waals surface area (Å²) >= 11 is 0. The van der Waals surface area contributed by atoms with Crippen LogP contribution in [0, 0.1) is 0 Å². The number of rotatable bonds is 5. The van der Waals surface area contributed by atoms with Crippen LogP contribution in [0.15, 0.2) is 62.9 Å². The molecule has 5 heteroatoms. The number of hydrogen-bond acceptors (Lipinski definition) is 4. The summed E-state index contributed by atoms with van der Waals surface area (Å²) in [7, 11) is -1.61. The standard InChI is InChI=1S/C15H14O4S/c1-2-18-15(16)14(11-12-7-6-10-19-12)20(17)13-8-4-3-5-9-13/h3-11H,2H2,1H3/b14-11+. The fraction of sp³-hybridized carbons (Fsp3) is 0.133. The van der Waals surface area contributed by atoms with Crippen LogP contribution in [0.5, 0.6) is 0 Å². The number of hydrogen-bond donors (Lipinski definition) is 0. The van der Waals surface area contributed by atoms with Crippen molar-refractivity contribution in [3.63, 3.8) is 0 Å². The number of esters is 1. The Labute approximate surface area is 119 Å². The van der Waals surface area contributed by atoms with Gasteiger partial charge in [0, 0.05) is 11.0 Å². The molecule has 1 heterocycles. The molecule has 0 saturated carbocycles. The molecule has 0 aliphatic heterocycles. The Balaban J connectivity index is 2.37. The number of furan rings is 1. The van der Waals surface area contributed by atoms with E-state index in [1.54, 1.807) is 43.3 Å². The van der Waals surface area contributed by atoms with Crippen molar-refractivity contribution >= 4 is 22.8 Å². The predicted octanol–water partition coefficient (Wildman–Crippen LogP) is 2.99. The van der Waals surface area contributed by atoms with Gasteiger partial charge in [-0.1, -0.05) is 18.2 Å². The van der Waals surface area contributed by atoms with E-state index in [0.717, 1.165) is 0 Å². The van der Waals surface area contributed by atoms with Crippen molar-refractivity contribution in [2.75, 3.05) is 6.61 Å². The Morgan fingerprint density at radius 1 is 1.25 bits per heavy atom. The molecule has 2 aromatic rings. The highest BCUT2D eigenvalue weighted by molar-refractivity contribution is 7.90. The van der Waals surface area contributed by atoms with Crippen molar-refractivity contribution in [2.24, 2.45) is 0 Å². The highest BCUT2D eigenvalue weighted by Crippen LogP contribution is 2.19. The van der Waals surface area contributed by atoms with E-state index in [1.807, 2.05) is 6.07 Å². The second-order valence-electron chi connectivity index (χ2n) is 3.83. The maximum Gasteiger partial charge on any atom is 0.347 e. The minimum atomic E-state index is -1.61. The van der Waals surface area contributed by atoms with Gasteiger partial charge in [-0.15, -0.1) is 0 Å². The third-order valence-electron chi connectivity index (χ3n) is 2.45. The Morgan fingerprint density at radius 2 is 2.00 bits per heavy atom. The zero-order valence-corrected chi connectivity index (χ0v) is 11.8. The fourth-order valence-corrected chi connectivity index (χ4v) is 2.66. The van der Waals surface area contributed by atoms with E-state index in [1.165, 1.54) is 12.3 Å². The molecular formula is C15H14O4S. The lowest BCUT2D eigenvalue weighted by Crippen LogP contribution is -2.12. The largest absolute Gasteiger partial charge is 0.465 e. The van der Waals surface area contributed by atoms with Gasteiger partial charge in [0.2, 0.25) is 0 Å². The van der Waals surface area contributed by atoms with Crippen LogP contribution in [0.4, 0.5) is 0 Å². The van der Waals surface area contributed by atoms with Crippen LogP contribution >= 0.6 is 0 Å². The molecule has 1 aromatic heterocycles. The van der Waals surface area contributed by atoms with E-state index >= 15 is 0 Å². The van der Waals surface area contributed by atoms with Gasteiger partial charge in [0.1, 0.15) is 10.7 Å². The Hall–Kier alpha value is -2.14. The molecule has 0 radical (unpaired) electrons. The van der Waals surface area contributed by atoms with E-state index in [-0.39, 0.29) is 11.5 Å². The van der Waals surface area contributed by atoms with Gasteiger partial charge in [-0.25, -0.2) is 9.00 Å². The van der Waals surface area contributed by atoms with Gasteiger partial charge in [-0.05, 0) is 31.2 Å². The Morgan fingerprint density at radius 3 is 2.60 bits per heavy atom. The van der Waals surface area contributed by atoms with E-state index in [2.05, 4.69) is 0 Å². The molecule has 1 aromatic carbocycles. The average Bonchev–Trinajstić information content (AvgIpc) is 2.98. The van der Waals surface area contributed by atoms with Crippen LogP contribution in [0.3, 0.4) is 0 Å². The van der Waals surface area contributed by atoms with Crippen molar-refractivity contribution in [3.05, 3.63) is 59.4 Å². The number of benzene rings is 1. The molecule has 104 valence electrons. The molecule has 0 N–H and O–H groups in total. The van der Waals surface area contributed by atoms with Gasteiger partial charge in [-0.2, -0.15) is 0 Å². The van der Waals surface area contributed by atoms with Crippen molar-refractivity contribution in [1.29, 1.82) is 0 Å². The van der Waals surface area contributed by atoms with Gasteiger partial charge in [0.05, 0.1) is 23.7 Å². The van der Waals surface area contributed by atoms with Crippen LogP contribution < -0.4 is 0 Å². The zero-order chi connectivity index (χ0) is 14.4. The van der Waals surface area contributed by atoms with Crippen LogP contribution in [0.25, 0.3) is 6.08 Å². The lowest BCUT2D eigenvalue weighted by atomic mass is 10.4. The lowest BCUT2D eigenvalue weighted by Gasteiger charge is -2.06. The van der Waals surface area contributed by atoms with Crippen LogP contribution in [-0.2, 0) is 20.3 Å². The van der Waals surface area contributed by atoms with Crippen LogP contribution in [0.2, 0.25) is 0 Å². The second kappa shape index (κ2) is 6.86. The first-order chi connectivity index (χ1) is 9.72. The van der Waals surface area contributed by atoms with Gasteiger partial charge >= 0.3 is 5.97 Å². The van der Waals surface area contributed by atoms with Gasteiger partial charge in [0.15, 0.2) is 0 Å². The number of ether oxygens (including phenoxy) is 1. The quantitative estimate of drug-likeness (QED) is 0.627. The fourth-order valence-electron chi connectivity index (χ4n) is 1.56. The second-order valence-corrected chi connectivity index (χ2v) is 5.27. The summed E-state index contributed by atoms with van der Waals surface area (Å²) in [5.41, 5.74) is 0.